The fourth-order valence-electron chi connectivity index (χ4n) is 2.05. The largest absolute Gasteiger partial charge is 0.506 e. The van der Waals surface area contributed by atoms with Crippen LogP contribution in [0, 0.1) is 0 Å². The fraction of sp³-hybridized carbons (Fsp3) is 0.400. The summed E-state index contributed by atoms with van der Waals surface area (Å²) in [4.78, 5) is 4.52. The fourth-order valence-corrected chi connectivity index (χ4v) is 2.05. The van der Waals surface area contributed by atoms with Crippen LogP contribution in [0.1, 0.15) is 38.3 Å². The highest BCUT2D eigenvalue weighted by Gasteiger charge is 2.05. The van der Waals surface area contributed by atoms with Crippen LogP contribution in [0.5, 0.6) is 5.75 Å². The van der Waals surface area contributed by atoms with E-state index in [9.17, 15) is 5.11 Å². The molecule has 2 aromatic rings. The molecule has 0 spiro atoms. The molecule has 1 aromatic heterocycles. The van der Waals surface area contributed by atoms with Gasteiger partial charge < -0.3 is 5.11 Å². The first-order valence-electron chi connectivity index (χ1n) is 6.39. The van der Waals surface area contributed by atoms with Crippen LogP contribution in [0.15, 0.2) is 30.3 Å². The van der Waals surface area contributed by atoms with Crippen molar-refractivity contribution in [3.05, 3.63) is 36.0 Å². The molecule has 0 aliphatic rings. The molecule has 0 aliphatic carbocycles. The van der Waals surface area contributed by atoms with Gasteiger partial charge in [-0.2, -0.15) is 0 Å². The molecule has 0 saturated carbocycles. The van der Waals surface area contributed by atoms with Gasteiger partial charge in [-0.05, 0) is 25.0 Å². The topological polar surface area (TPSA) is 33.1 Å². The van der Waals surface area contributed by atoms with Crippen molar-refractivity contribution in [1.29, 1.82) is 0 Å². The SMILES string of the molecule is CCCCCCc1nc2ccccc2cc1O. The first-order valence-corrected chi connectivity index (χ1v) is 6.39. The molecule has 17 heavy (non-hydrogen) atoms. The number of para-hydroxylation sites is 1. The van der Waals surface area contributed by atoms with Crippen molar-refractivity contribution in [3.8, 4) is 5.75 Å². The molecule has 0 atom stereocenters. The Morgan fingerprint density at radius 2 is 1.94 bits per heavy atom. The number of rotatable bonds is 5. The molecule has 2 nitrogen and oxygen atoms in total. The van der Waals surface area contributed by atoms with Gasteiger partial charge in [0.15, 0.2) is 0 Å². The van der Waals surface area contributed by atoms with E-state index in [4.69, 9.17) is 0 Å². The van der Waals surface area contributed by atoms with Crippen LogP contribution in [0.3, 0.4) is 0 Å². The lowest BCUT2D eigenvalue weighted by Gasteiger charge is -2.05. The molecule has 0 radical (unpaired) electrons. The van der Waals surface area contributed by atoms with E-state index in [2.05, 4.69) is 11.9 Å². The lowest BCUT2D eigenvalue weighted by molar-refractivity contribution is 0.463. The minimum absolute atomic E-state index is 0.334. The first-order chi connectivity index (χ1) is 8.31. The van der Waals surface area contributed by atoms with Gasteiger partial charge in [0.05, 0.1) is 11.2 Å². The highest BCUT2D eigenvalue weighted by molar-refractivity contribution is 5.80. The van der Waals surface area contributed by atoms with Crippen molar-refractivity contribution >= 4 is 10.9 Å². The summed E-state index contributed by atoms with van der Waals surface area (Å²) in [5, 5.41) is 10.9. The van der Waals surface area contributed by atoms with E-state index in [-0.39, 0.29) is 0 Å². The molecule has 0 bridgehead atoms. The summed E-state index contributed by atoms with van der Waals surface area (Å²) in [6, 6.07) is 9.72. The molecular weight excluding hydrogens is 210 g/mol. The van der Waals surface area contributed by atoms with Crippen LogP contribution < -0.4 is 0 Å². The zero-order valence-electron chi connectivity index (χ0n) is 10.3. The third-order valence-electron chi connectivity index (χ3n) is 3.05. The van der Waals surface area contributed by atoms with Crippen LogP contribution in [0.4, 0.5) is 0 Å². The second-order valence-electron chi connectivity index (χ2n) is 4.46. The molecule has 1 N–H and O–H groups in total. The van der Waals surface area contributed by atoms with Crippen LogP contribution in [0.2, 0.25) is 0 Å². The van der Waals surface area contributed by atoms with Crippen LogP contribution in [-0.4, -0.2) is 10.1 Å². The van der Waals surface area contributed by atoms with E-state index < -0.39 is 0 Å². The Morgan fingerprint density at radius 1 is 1.12 bits per heavy atom. The lowest BCUT2D eigenvalue weighted by Crippen LogP contribution is -1.92. The van der Waals surface area contributed by atoms with E-state index >= 15 is 0 Å². The lowest BCUT2D eigenvalue weighted by atomic mass is 10.1. The third-order valence-corrected chi connectivity index (χ3v) is 3.05. The van der Waals surface area contributed by atoms with Gasteiger partial charge in [0, 0.05) is 5.39 Å². The molecule has 0 unspecified atom stereocenters. The van der Waals surface area contributed by atoms with Crippen molar-refractivity contribution < 1.29 is 5.11 Å². The highest BCUT2D eigenvalue weighted by atomic mass is 16.3. The Hall–Kier alpha value is -1.57. The van der Waals surface area contributed by atoms with Gasteiger partial charge in [0.25, 0.3) is 0 Å². The van der Waals surface area contributed by atoms with Crippen molar-refractivity contribution in [3.63, 3.8) is 0 Å². The monoisotopic (exact) mass is 229 g/mol. The summed E-state index contributed by atoms with van der Waals surface area (Å²) in [5.74, 6) is 0.334. The van der Waals surface area contributed by atoms with Gasteiger partial charge in [-0.1, -0.05) is 44.4 Å². The van der Waals surface area contributed by atoms with Gasteiger partial charge in [-0.25, -0.2) is 4.98 Å². The molecule has 0 saturated heterocycles. The van der Waals surface area contributed by atoms with Gasteiger partial charge in [-0.15, -0.1) is 0 Å². The molecule has 2 rings (SSSR count). The van der Waals surface area contributed by atoms with E-state index in [1.807, 2.05) is 30.3 Å². The van der Waals surface area contributed by atoms with Crippen molar-refractivity contribution in [1.82, 2.24) is 4.98 Å². The van der Waals surface area contributed by atoms with E-state index in [1.54, 1.807) is 0 Å². The summed E-state index contributed by atoms with van der Waals surface area (Å²) < 4.78 is 0. The second-order valence-corrected chi connectivity index (χ2v) is 4.46. The zero-order chi connectivity index (χ0) is 12.1. The molecule has 0 aliphatic heterocycles. The number of hydrogen-bond acceptors (Lipinski definition) is 2. The summed E-state index contributed by atoms with van der Waals surface area (Å²) in [5.41, 5.74) is 1.80. The Balaban J connectivity index is 2.14. The van der Waals surface area contributed by atoms with Crippen LogP contribution in [0.25, 0.3) is 10.9 Å². The number of pyridine rings is 1. The van der Waals surface area contributed by atoms with Gasteiger partial charge in [-0.3, -0.25) is 0 Å². The zero-order valence-corrected chi connectivity index (χ0v) is 10.3. The van der Waals surface area contributed by atoms with Crippen LogP contribution in [-0.2, 0) is 6.42 Å². The predicted molar refractivity (Wildman–Crippen MR) is 71.3 cm³/mol. The maximum Gasteiger partial charge on any atom is 0.137 e. The third kappa shape index (κ3) is 2.96. The quantitative estimate of drug-likeness (QED) is 0.784. The number of fused-ring (bicyclic) bond motifs is 1. The highest BCUT2D eigenvalue weighted by Crippen LogP contribution is 2.23. The standard InChI is InChI=1S/C15H19NO/c1-2-3-4-5-10-14-15(17)11-12-8-6-7-9-13(12)16-14/h6-9,11,17H,2-5,10H2,1H3. The molecule has 0 fully saturated rings. The number of unbranched alkanes of at least 4 members (excludes halogenated alkanes) is 3. The van der Waals surface area contributed by atoms with E-state index in [1.165, 1.54) is 19.3 Å². The minimum Gasteiger partial charge on any atom is -0.506 e. The number of aromatic hydroxyl groups is 1. The maximum absolute atomic E-state index is 9.90. The smallest absolute Gasteiger partial charge is 0.137 e. The summed E-state index contributed by atoms with van der Waals surface area (Å²) >= 11 is 0. The number of hydrogen-bond donors (Lipinski definition) is 1. The average molecular weight is 229 g/mol. The minimum atomic E-state index is 0.334. The predicted octanol–water partition coefficient (Wildman–Crippen LogP) is 4.06. The summed E-state index contributed by atoms with van der Waals surface area (Å²) in [6.07, 6.45) is 5.68. The Morgan fingerprint density at radius 3 is 2.76 bits per heavy atom. The van der Waals surface area contributed by atoms with E-state index in [0.29, 0.717) is 5.75 Å². The average Bonchev–Trinajstić information content (AvgIpc) is 2.35. The van der Waals surface area contributed by atoms with Crippen molar-refractivity contribution in [2.24, 2.45) is 0 Å². The number of benzene rings is 1. The van der Waals surface area contributed by atoms with Gasteiger partial charge in [0.1, 0.15) is 5.75 Å². The molecule has 90 valence electrons. The normalized spacial score (nSPS) is 10.9. The molecule has 1 heterocycles. The number of aryl methyl sites for hydroxylation is 1. The summed E-state index contributed by atoms with van der Waals surface area (Å²) in [7, 11) is 0. The first kappa shape index (κ1) is 11.9. The Kier molecular flexibility index (Phi) is 3.97. The maximum atomic E-state index is 9.90. The van der Waals surface area contributed by atoms with Crippen molar-refractivity contribution in [2.75, 3.05) is 0 Å². The van der Waals surface area contributed by atoms with Gasteiger partial charge in [0.2, 0.25) is 0 Å². The Labute approximate surface area is 102 Å². The molecular formula is C15H19NO. The van der Waals surface area contributed by atoms with Gasteiger partial charge >= 0.3 is 0 Å². The second kappa shape index (κ2) is 5.67. The summed E-state index contributed by atoms with van der Waals surface area (Å²) in [6.45, 7) is 2.20. The van der Waals surface area contributed by atoms with Crippen LogP contribution >= 0.6 is 0 Å². The van der Waals surface area contributed by atoms with Crippen molar-refractivity contribution in [2.45, 2.75) is 39.0 Å². The van der Waals surface area contributed by atoms with E-state index in [0.717, 1.165) is 29.4 Å². The number of nitrogens with zero attached hydrogens (tertiary/aromatic N) is 1. The number of aromatic nitrogens is 1. The molecule has 1 aromatic carbocycles. The molecule has 0 amide bonds. The Bertz CT molecular complexity index is 493. The molecule has 2 heteroatoms.